The molecule has 1 aliphatic rings. The predicted molar refractivity (Wildman–Crippen MR) is 121 cm³/mol. The highest BCUT2D eigenvalue weighted by molar-refractivity contribution is 7.04. The number of nitrogens with one attached hydrogen (secondary N) is 1. The zero-order chi connectivity index (χ0) is 22.7. The summed E-state index contributed by atoms with van der Waals surface area (Å²) < 4.78 is 2.98. The molecule has 1 heterocycles. The molecule has 0 bridgehead atoms. The highest BCUT2D eigenvalue weighted by Crippen LogP contribution is 2.56. The maximum Gasteiger partial charge on any atom is 0.250 e. The van der Waals surface area contributed by atoms with E-state index in [-0.39, 0.29) is 36.4 Å². The van der Waals surface area contributed by atoms with Gasteiger partial charge in [-0.1, -0.05) is 34.1 Å². The number of carbonyl (C=O) groups is 2. The standard InChI is InChI=1S/C23H39N3O3S/c1-8-9-10-16-15-26(21(2,3)4)30-19(16)25-18(28)17-11-12-23(7,22(17,5)6)20(29)24-13-14-27/h15,17,27H,8-14H2,1-7H3,(H,24,29)/t17-,23+/m1/s1. The molecule has 2 N–H and O–H groups in total. The Morgan fingerprint density at radius 3 is 2.57 bits per heavy atom. The molecule has 0 spiro atoms. The molecule has 170 valence electrons. The van der Waals surface area contributed by atoms with Crippen molar-refractivity contribution >= 4 is 23.3 Å². The molecule has 0 aliphatic heterocycles. The molecule has 0 radical (unpaired) electrons. The van der Waals surface area contributed by atoms with E-state index in [1.807, 2.05) is 20.8 Å². The van der Waals surface area contributed by atoms with Crippen LogP contribution in [-0.4, -0.2) is 34.0 Å². The first-order chi connectivity index (χ1) is 13.9. The summed E-state index contributed by atoms with van der Waals surface area (Å²) in [6.07, 6.45) is 6.49. The number of unbranched alkanes of at least 4 members (excludes halogenated alkanes) is 1. The molecule has 2 atom stereocenters. The van der Waals surface area contributed by atoms with Crippen molar-refractivity contribution in [3.05, 3.63) is 16.4 Å². The van der Waals surface area contributed by atoms with E-state index in [4.69, 9.17) is 5.11 Å². The molecule has 0 unspecified atom stereocenters. The van der Waals surface area contributed by atoms with Gasteiger partial charge in [0.25, 0.3) is 5.91 Å². The van der Waals surface area contributed by atoms with Gasteiger partial charge >= 0.3 is 0 Å². The van der Waals surface area contributed by atoms with Crippen LogP contribution in [0.3, 0.4) is 0 Å². The lowest BCUT2D eigenvalue weighted by Gasteiger charge is -2.39. The maximum atomic E-state index is 13.3. The molecule has 1 fully saturated rings. The summed E-state index contributed by atoms with van der Waals surface area (Å²) in [5.41, 5.74) is -0.111. The molecular formula is C23H39N3O3S. The molecule has 2 rings (SSSR count). The molecule has 0 aromatic carbocycles. The van der Waals surface area contributed by atoms with Gasteiger partial charge in [0, 0.05) is 29.8 Å². The van der Waals surface area contributed by atoms with Gasteiger partial charge in [0.1, 0.15) is 4.67 Å². The van der Waals surface area contributed by atoms with Crippen molar-refractivity contribution in [2.24, 2.45) is 21.7 Å². The first kappa shape index (κ1) is 24.8. The van der Waals surface area contributed by atoms with Gasteiger partial charge < -0.3 is 10.4 Å². The molecule has 2 amide bonds. The first-order valence-corrected chi connectivity index (χ1v) is 11.9. The summed E-state index contributed by atoms with van der Waals surface area (Å²) in [6.45, 7) is 14.7. The van der Waals surface area contributed by atoms with E-state index in [0.717, 1.165) is 29.5 Å². The van der Waals surface area contributed by atoms with Crippen LogP contribution >= 0.6 is 11.5 Å². The Balaban J connectivity index is 2.36. The highest BCUT2D eigenvalue weighted by atomic mass is 32.1. The number of carbonyl (C=O) groups excluding carboxylic acids is 2. The summed E-state index contributed by atoms with van der Waals surface area (Å²) in [5, 5.41) is 11.8. The van der Waals surface area contributed by atoms with Crippen molar-refractivity contribution in [1.82, 2.24) is 9.27 Å². The Morgan fingerprint density at radius 2 is 2.00 bits per heavy atom. The number of aromatic nitrogens is 1. The molecule has 6 nitrogen and oxygen atoms in total. The van der Waals surface area contributed by atoms with Gasteiger partial charge in [-0.2, -0.15) is 0 Å². The van der Waals surface area contributed by atoms with Crippen molar-refractivity contribution in [1.29, 1.82) is 0 Å². The fourth-order valence-electron chi connectivity index (χ4n) is 4.22. The van der Waals surface area contributed by atoms with Crippen LogP contribution in [0.2, 0.25) is 0 Å². The third-order valence-electron chi connectivity index (χ3n) is 6.83. The Labute approximate surface area is 184 Å². The molecule has 0 saturated heterocycles. The fraction of sp³-hybridized carbons (Fsp3) is 0.783. The van der Waals surface area contributed by atoms with Crippen LogP contribution < -0.4 is 9.99 Å². The maximum absolute atomic E-state index is 13.3. The largest absolute Gasteiger partial charge is 0.395 e. The molecular weight excluding hydrogens is 398 g/mol. The molecule has 30 heavy (non-hydrogen) atoms. The quantitative estimate of drug-likeness (QED) is 0.683. The number of hydrogen-bond acceptors (Lipinski definition) is 4. The number of aliphatic hydroxyl groups is 1. The topological polar surface area (TPSA) is 83.7 Å². The van der Waals surface area contributed by atoms with Crippen molar-refractivity contribution in [2.45, 2.75) is 86.1 Å². The smallest absolute Gasteiger partial charge is 0.250 e. The monoisotopic (exact) mass is 437 g/mol. The summed E-state index contributed by atoms with van der Waals surface area (Å²) in [6, 6.07) is 0. The predicted octanol–water partition coefficient (Wildman–Crippen LogP) is 3.63. The molecule has 1 aliphatic carbocycles. The third-order valence-corrected chi connectivity index (χ3v) is 8.20. The third kappa shape index (κ3) is 4.88. The van der Waals surface area contributed by atoms with E-state index in [1.54, 1.807) is 11.5 Å². The van der Waals surface area contributed by atoms with Gasteiger partial charge in [-0.25, -0.2) is 4.99 Å². The Morgan fingerprint density at radius 1 is 1.33 bits per heavy atom. The zero-order valence-electron chi connectivity index (χ0n) is 19.7. The van der Waals surface area contributed by atoms with Gasteiger partial charge in [-0.3, -0.25) is 13.5 Å². The van der Waals surface area contributed by atoms with Crippen molar-refractivity contribution in [3.8, 4) is 0 Å². The number of amides is 2. The Bertz CT molecular complexity index is 831. The number of aliphatic hydroxyl groups excluding tert-OH is 1. The average molecular weight is 438 g/mol. The van der Waals surface area contributed by atoms with Gasteiger partial charge in [-0.05, 0) is 63.4 Å². The van der Waals surface area contributed by atoms with Crippen LogP contribution in [0.4, 0.5) is 0 Å². The second-order valence-electron chi connectivity index (χ2n) is 10.2. The van der Waals surface area contributed by atoms with Crippen molar-refractivity contribution < 1.29 is 14.7 Å². The fourth-order valence-corrected chi connectivity index (χ4v) is 5.26. The summed E-state index contributed by atoms with van der Waals surface area (Å²) in [7, 11) is 0. The summed E-state index contributed by atoms with van der Waals surface area (Å²) in [5.74, 6) is -0.520. The Kier molecular flexibility index (Phi) is 7.73. The average Bonchev–Trinajstić information content (AvgIpc) is 3.16. The van der Waals surface area contributed by atoms with E-state index in [0.29, 0.717) is 12.8 Å². The van der Waals surface area contributed by atoms with Crippen LogP contribution in [0, 0.1) is 16.7 Å². The zero-order valence-corrected chi connectivity index (χ0v) is 20.5. The highest BCUT2D eigenvalue weighted by Gasteiger charge is 2.57. The van der Waals surface area contributed by atoms with Crippen molar-refractivity contribution in [3.63, 3.8) is 0 Å². The summed E-state index contributed by atoms with van der Waals surface area (Å²) >= 11 is 1.54. The van der Waals surface area contributed by atoms with E-state index in [1.165, 1.54) is 0 Å². The Hall–Kier alpha value is -1.47. The normalized spacial score (nSPS) is 24.3. The minimum Gasteiger partial charge on any atom is -0.395 e. The molecule has 1 saturated carbocycles. The lowest BCUT2D eigenvalue weighted by molar-refractivity contribution is -0.138. The van der Waals surface area contributed by atoms with E-state index >= 15 is 0 Å². The van der Waals surface area contributed by atoms with E-state index in [2.05, 4.69) is 48.2 Å². The summed E-state index contributed by atoms with van der Waals surface area (Å²) in [4.78, 5) is 30.7. The number of aryl methyl sites for hydroxylation is 1. The number of nitrogens with zero attached hydrogens (tertiary/aromatic N) is 2. The van der Waals surface area contributed by atoms with E-state index < -0.39 is 10.8 Å². The minimum atomic E-state index is -0.663. The minimum absolute atomic E-state index is 0.0571. The van der Waals surface area contributed by atoms with Crippen LogP contribution in [0.25, 0.3) is 0 Å². The first-order valence-electron chi connectivity index (χ1n) is 11.1. The lowest BCUT2D eigenvalue weighted by atomic mass is 9.65. The second-order valence-corrected chi connectivity index (χ2v) is 11.2. The van der Waals surface area contributed by atoms with Crippen LogP contribution in [0.15, 0.2) is 11.2 Å². The molecule has 1 aromatic rings. The molecule has 1 aromatic heterocycles. The number of rotatable bonds is 7. The van der Waals surface area contributed by atoms with Crippen LogP contribution in [-0.2, 0) is 21.5 Å². The van der Waals surface area contributed by atoms with Crippen LogP contribution in [0.5, 0.6) is 0 Å². The molecule has 7 heteroatoms. The van der Waals surface area contributed by atoms with Crippen molar-refractivity contribution in [2.75, 3.05) is 13.2 Å². The van der Waals surface area contributed by atoms with Gasteiger partial charge in [0.15, 0.2) is 0 Å². The van der Waals surface area contributed by atoms with Gasteiger partial charge in [0.2, 0.25) is 5.91 Å². The van der Waals surface area contributed by atoms with Crippen LogP contribution in [0.1, 0.15) is 79.7 Å². The van der Waals surface area contributed by atoms with E-state index in [9.17, 15) is 9.59 Å². The lowest BCUT2D eigenvalue weighted by Crippen LogP contribution is -2.48. The second kappa shape index (κ2) is 9.35. The van der Waals surface area contributed by atoms with Gasteiger partial charge in [-0.15, -0.1) is 0 Å². The van der Waals surface area contributed by atoms with Gasteiger partial charge in [0.05, 0.1) is 12.0 Å². The number of hydrogen-bond donors (Lipinski definition) is 2. The SMILES string of the molecule is CCCCc1cn(C(C)(C)C)sc1=NC(=O)[C@H]1CC[C@@](C)(C(=O)NCCO)C1(C)C.